The van der Waals surface area contributed by atoms with Gasteiger partial charge < -0.3 is 9.84 Å². The normalized spacial score (nSPS) is 12.4. The van der Waals surface area contributed by atoms with Crippen LogP contribution in [0.1, 0.15) is 11.7 Å². The third-order valence-corrected chi connectivity index (χ3v) is 2.01. The van der Waals surface area contributed by atoms with E-state index in [1.807, 2.05) is 0 Å². The minimum Gasteiger partial charge on any atom is -0.338 e. The molecule has 98 valence electrons. The van der Waals surface area contributed by atoms with E-state index in [1.54, 1.807) is 14.0 Å². The molecule has 0 spiro atoms. The van der Waals surface area contributed by atoms with Gasteiger partial charge in [0.05, 0.1) is 13.1 Å². The molecule has 1 aromatic rings. The lowest BCUT2D eigenvalue weighted by atomic mass is 10.4. The molecule has 1 heterocycles. The van der Waals surface area contributed by atoms with E-state index in [1.165, 1.54) is 4.90 Å². The van der Waals surface area contributed by atoms with Crippen LogP contribution in [0.5, 0.6) is 0 Å². The number of hydrogen-bond acceptors (Lipinski definition) is 5. The van der Waals surface area contributed by atoms with Crippen LogP contribution in [0.4, 0.5) is 13.2 Å². The summed E-state index contributed by atoms with van der Waals surface area (Å²) in [7, 11) is 1.68. The average molecular weight is 252 g/mol. The van der Waals surface area contributed by atoms with Gasteiger partial charge in [0.1, 0.15) is 0 Å². The van der Waals surface area contributed by atoms with Crippen LogP contribution in [-0.2, 0) is 6.54 Å². The van der Waals surface area contributed by atoms with E-state index >= 15 is 0 Å². The minimum absolute atomic E-state index is 0.00201. The topological polar surface area (TPSA) is 54.2 Å². The highest BCUT2D eigenvalue weighted by Crippen LogP contribution is 2.17. The molecule has 8 heteroatoms. The van der Waals surface area contributed by atoms with E-state index in [9.17, 15) is 13.2 Å². The summed E-state index contributed by atoms with van der Waals surface area (Å²) < 4.78 is 41.7. The Morgan fingerprint density at radius 2 is 2.12 bits per heavy atom. The van der Waals surface area contributed by atoms with Crippen molar-refractivity contribution in [3.8, 4) is 0 Å². The first-order chi connectivity index (χ1) is 7.90. The van der Waals surface area contributed by atoms with E-state index in [2.05, 4.69) is 15.5 Å². The van der Waals surface area contributed by atoms with Gasteiger partial charge in [-0.15, -0.1) is 0 Å². The lowest BCUT2D eigenvalue weighted by molar-refractivity contribution is -0.147. The van der Waals surface area contributed by atoms with Crippen LogP contribution in [0.15, 0.2) is 4.52 Å². The summed E-state index contributed by atoms with van der Waals surface area (Å²) in [6, 6.07) is 0. The van der Waals surface area contributed by atoms with Gasteiger partial charge in [-0.1, -0.05) is 5.16 Å². The van der Waals surface area contributed by atoms with Crippen molar-refractivity contribution in [1.82, 2.24) is 20.4 Å². The number of hydrogen-bond donors (Lipinski definition) is 1. The second kappa shape index (κ2) is 5.97. The number of rotatable bonds is 6. The Bertz CT molecular complexity index is 339. The molecule has 0 unspecified atom stereocenters. The predicted octanol–water partition coefficient (Wildman–Crippen LogP) is 0.962. The number of alkyl halides is 3. The molecule has 17 heavy (non-hydrogen) atoms. The van der Waals surface area contributed by atoms with E-state index < -0.39 is 12.7 Å². The molecule has 1 N–H and O–H groups in total. The highest BCUT2D eigenvalue weighted by atomic mass is 19.4. The van der Waals surface area contributed by atoms with Crippen LogP contribution in [0, 0.1) is 6.92 Å². The fourth-order valence-corrected chi connectivity index (χ4v) is 1.33. The van der Waals surface area contributed by atoms with Crippen molar-refractivity contribution < 1.29 is 17.7 Å². The summed E-state index contributed by atoms with van der Waals surface area (Å²) in [6.45, 7) is 1.35. The van der Waals surface area contributed by atoms with E-state index in [0.29, 0.717) is 12.4 Å². The molecule has 0 atom stereocenters. The van der Waals surface area contributed by atoms with Gasteiger partial charge in [0.15, 0.2) is 5.82 Å². The maximum Gasteiger partial charge on any atom is 0.401 e. The van der Waals surface area contributed by atoms with Crippen LogP contribution in [-0.4, -0.2) is 47.9 Å². The Morgan fingerprint density at radius 3 is 2.59 bits per heavy atom. The highest BCUT2D eigenvalue weighted by molar-refractivity contribution is 4.83. The monoisotopic (exact) mass is 252 g/mol. The SMILES string of the molecule is CNCCN(Cc1nc(C)no1)CC(F)(F)F. The first kappa shape index (κ1) is 13.9. The van der Waals surface area contributed by atoms with Crippen LogP contribution in [0.25, 0.3) is 0 Å². The van der Waals surface area contributed by atoms with E-state index in [-0.39, 0.29) is 19.0 Å². The Hall–Kier alpha value is -1.15. The van der Waals surface area contributed by atoms with Crippen molar-refractivity contribution in [2.75, 3.05) is 26.7 Å². The predicted molar refractivity (Wildman–Crippen MR) is 54.3 cm³/mol. The van der Waals surface area contributed by atoms with Gasteiger partial charge >= 0.3 is 6.18 Å². The average Bonchev–Trinajstić information content (AvgIpc) is 2.58. The summed E-state index contributed by atoms with van der Waals surface area (Å²) >= 11 is 0. The Labute approximate surface area is 97.0 Å². The molecule has 0 fully saturated rings. The molecule has 0 aliphatic carbocycles. The zero-order chi connectivity index (χ0) is 12.9. The van der Waals surface area contributed by atoms with Crippen LogP contribution in [0.3, 0.4) is 0 Å². The van der Waals surface area contributed by atoms with Gasteiger partial charge in [0.2, 0.25) is 5.89 Å². The molecule has 0 saturated heterocycles. The third-order valence-electron chi connectivity index (χ3n) is 2.01. The second-order valence-corrected chi connectivity index (χ2v) is 3.66. The number of aromatic nitrogens is 2. The molecule has 0 saturated carbocycles. The molecular formula is C9H15F3N4O. The number of nitrogens with zero attached hydrogens (tertiary/aromatic N) is 3. The van der Waals surface area contributed by atoms with E-state index in [0.717, 1.165) is 0 Å². The largest absolute Gasteiger partial charge is 0.401 e. The van der Waals surface area contributed by atoms with E-state index in [4.69, 9.17) is 4.52 Å². The quantitative estimate of drug-likeness (QED) is 0.817. The molecule has 0 radical (unpaired) electrons. The zero-order valence-electron chi connectivity index (χ0n) is 9.71. The van der Waals surface area contributed by atoms with Crippen molar-refractivity contribution in [1.29, 1.82) is 0 Å². The molecule has 0 aliphatic rings. The number of likely N-dealkylation sites (N-methyl/N-ethyl adjacent to an activating group) is 1. The second-order valence-electron chi connectivity index (χ2n) is 3.66. The van der Waals surface area contributed by atoms with Gasteiger partial charge in [-0.25, -0.2) is 0 Å². The fraction of sp³-hybridized carbons (Fsp3) is 0.778. The first-order valence-electron chi connectivity index (χ1n) is 5.13. The van der Waals surface area contributed by atoms with Crippen LogP contribution >= 0.6 is 0 Å². The van der Waals surface area contributed by atoms with Gasteiger partial charge in [0, 0.05) is 13.1 Å². The van der Waals surface area contributed by atoms with Crippen LogP contribution < -0.4 is 5.32 Å². The molecule has 1 aromatic heterocycles. The number of nitrogens with one attached hydrogen (secondary N) is 1. The maximum atomic E-state index is 12.3. The van der Waals surface area contributed by atoms with Gasteiger partial charge in [-0.05, 0) is 14.0 Å². The van der Waals surface area contributed by atoms with Gasteiger partial charge in [0.25, 0.3) is 0 Å². The van der Waals surface area contributed by atoms with Gasteiger partial charge in [-0.2, -0.15) is 18.2 Å². The summed E-state index contributed by atoms with van der Waals surface area (Å²) in [4.78, 5) is 5.09. The highest BCUT2D eigenvalue weighted by Gasteiger charge is 2.31. The molecule has 0 aromatic carbocycles. The fourth-order valence-electron chi connectivity index (χ4n) is 1.33. The smallest absolute Gasteiger partial charge is 0.338 e. The Morgan fingerprint density at radius 1 is 1.41 bits per heavy atom. The van der Waals surface area contributed by atoms with Crippen molar-refractivity contribution >= 4 is 0 Å². The third kappa shape index (κ3) is 5.64. The zero-order valence-corrected chi connectivity index (χ0v) is 9.71. The van der Waals surface area contributed by atoms with Crippen LogP contribution in [0.2, 0.25) is 0 Å². The van der Waals surface area contributed by atoms with Crippen molar-refractivity contribution in [2.24, 2.45) is 0 Å². The summed E-state index contributed by atoms with van der Waals surface area (Å²) in [5.41, 5.74) is 0. The molecule has 1 rings (SSSR count). The molecule has 0 aliphatic heterocycles. The maximum absolute atomic E-state index is 12.3. The van der Waals surface area contributed by atoms with Crippen molar-refractivity contribution in [3.05, 3.63) is 11.7 Å². The summed E-state index contributed by atoms with van der Waals surface area (Å²) in [6.07, 6.45) is -4.23. The summed E-state index contributed by atoms with van der Waals surface area (Å²) in [5, 5.41) is 6.34. The molecule has 0 bridgehead atoms. The summed E-state index contributed by atoms with van der Waals surface area (Å²) in [5.74, 6) is 0.614. The number of halogens is 3. The number of aryl methyl sites for hydroxylation is 1. The lowest BCUT2D eigenvalue weighted by Crippen LogP contribution is -2.37. The standard InChI is InChI=1S/C9H15F3N4O/c1-7-14-8(17-15-7)5-16(4-3-13-2)6-9(10,11)12/h13H,3-6H2,1-2H3. The van der Waals surface area contributed by atoms with Crippen molar-refractivity contribution in [2.45, 2.75) is 19.6 Å². The first-order valence-corrected chi connectivity index (χ1v) is 5.13. The Kier molecular flexibility index (Phi) is 4.88. The lowest BCUT2D eigenvalue weighted by Gasteiger charge is -2.21. The molecule has 5 nitrogen and oxygen atoms in total. The van der Waals surface area contributed by atoms with Gasteiger partial charge in [-0.3, -0.25) is 4.90 Å². The Balaban J connectivity index is 2.56. The molecule has 0 amide bonds. The molecular weight excluding hydrogens is 237 g/mol. The minimum atomic E-state index is -4.23. The van der Waals surface area contributed by atoms with Crippen molar-refractivity contribution in [3.63, 3.8) is 0 Å².